The van der Waals surface area contributed by atoms with Crippen LogP contribution in [0.25, 0.3) is 0 Å². The number of unbranched alkanes of at least 4 members (excludes halogenated alkanes) is 3. The van der Waals surface area contributed by atoms with Gasteiger partial charge >= 0.3 is 22.5 Å². The largest absolute Gasteiger partial charge is 0.444 e. The van der Waals surface area contributed by atoms with Gasteiger partial charge in [0.2, 0.25) is 0 Å². The van der Waals surface area contributed by atoms with E-state index in [1.165, 1.54) is 11.3 Å². The lowest BCUT2D eigenvalue weighted by Crippen LogP contribution is -2.51. The van der Waals surface area contributed by atoms with E-state index < -0.39 is 39.7 Å². The molecule has 0 radical (unpaired) electrons. The number of piperidine rings is 1. The van der Waals surface area contributed by atoms with Crippen LogP contribution in [0.2, 0.25) is 0 Å². The summed E-state index contributed by atoms with van der Waals surface area (Å²) in [5.74, 6) is 0.175. The number of aromatic nitrogens is 2. The molecule has 2 atom stereocenters. The monoisotopic (exact) mass is 714 g/mol. The first kappa shape index (κ1) is 38.7. The van der Waals surface area contributed by atoms with E-state index in [1.807, 2.05) is 20.8 Å². The maximum atomic E-state index is 13.6. The predicted molar refractivity (Wildman–Crippen MR) is 184 cm³/mol. The van der Waals surface area contributed by atoms with E-state index in [9.17, 15) is 18.0 Å². The number of fused-ring (bicyclic) bond motifs is 2. The number of urea groups is 1. The molecule has 1 aromatic rings. The molecular formula is C33H58N6O7S2. The standard InChI is InChI=1S/C33H58N6O7S2/c1-8-12-18-33(17-11-4,19-13-9-2)38(20-14-10-3)45-48(42,43)46-39-26-15-16-27(37(23-26)31(39)41)29-36-35-28(47-29)24-21-25(22-24)34-30(40)44-32(5,6)7/h24-27H,8-23H2,1-7H3,(H,34,40)/t24-,25+,26-,27-/m0/s1. The van der Waals surface area contributed by atoms with Crippen LogP contribution < -0.4 is 5.32 Å². The summed E-state index contributed by atoms with van der Waals surface area (Å²) in [5, 5.41) is 16.0. The first-order valence-electron chi connectivity index (χ1n) is 18.1. The summed E-state index contributed by atoms with van der Waals surface area (Å²) in [6.07, 6.45) is 11.3. The van der Waals surface area contributed by atoms with Crippen molar-refractivity contribution >= 4 is 33.9 Å². The van der Waals surface area contributed by atoms with Gasteiger partial charge in [-0.15, -0.1) is 14.5 Å². The summed E-state index contributed by atoms with van der Waals surface area (Å²) >= 11 is 1.48. The van der Waals surface area contributed by atoms with Crippen molar-refractivity contribution in [3.8, 4) is 0 Å². The molecule has 3 aliphatic rings. The highest BCUT2D eigenvalue weighted by molar-refractivity contribution is 7.81. The number of hydroxylamine groups is 4. The molecule has 1 aromatic heterocycles. The van der Waals surface area contributed by atoms with Crippen molar-refractivity contribution in [3.05, 3.63) is 10.0 Å². The van der Waals surface area contributed by atoms with Gasteiger partial charge in [0.05, 0.1) is 12.1 Å². The number of carbonyl (C=O) groups excluding carboxylic acids is 2. The molecule has 0 unspecified atom stereocenters. The van der Waals surface area contributed by atoms with E-state index >= 15 is 0 Å². The molecule has 2 aliphatic heterocycles. The molecule has 2 saturated heterocycles. The van der Waals surface area contributed by atoms with E-state index in [2.05, 4.69) is 43.2 Å². The zero-order valence-electron chi connectivity index (χ0n) is 30.0. The van der Waals surface area contributed by atoms with Crippen molar-refractivity contribution < 1.29 is 31.3 Å². The van der Waals surface area contributed by atoms with Crippen LogP contribution in [0.15, 0.2) is 0 Å². The van der Waals surface area contributed by atoms with Crippen molar-refractivity contribution in [1.82, 2.24) is 30.5 Å². The number of alkyl carbamates (subject to hydrolysis) is 1. The van der Waals surface area contributed by atoms with E-state index in [0.717, 1.165) is 92.1 Å². The summed E-state index contributed by atoms with van der Waals surface area (Å²) in [4.78, 5) is 27.4. The lowest BCUT2D eigenvalue weighted by Gasteiger charge is -2.43. The zero-order chi connectivity index (χ0) is 35.1. The van der Waals surface area contributed by atoms with E-state index in [0.29, 0.717) is 25.9 Å². The molecule has 3 fully saturated rings. The van der Waals surface area contributed by atoms with Gasteiger partial charge in [-0.3, -0.25) is 0 Å². The molecule has 1 aliphatic carbocycles. The Morgan fingerprint density at radius 3 is 2.21 bits per heavy atom. The summed E-state index contributed by atoms with van der Waals surface area (Å²) in [7, 11) is -4.59. The second-order valence-electron chi connectivity index (χ2n) is 14.7. The van der Waals surface area contributed by atoms with Crippen molar-refractivity contribution in [2.45, 2.75) is 174 Å². The maximum Gasteiger partial charge on any atom is 0.437 e. The molecular weight excluding hydrogens is 657 g/mol. The third kappa shape index (κ3) is 9.79. The second-order valence-corrected chi connectivity index (χ2v) is 16.8. The number of carbonyl (C=O) groups is 2. The van der Waals surface area contributed by atoms with Gasteiger partial charge in [-0.1, -0.05) is 77.6 Å². The number of hydrogen-bond donors (Lipinski definition) is 1. The summed E-state index contributed by atoms with van der Waals surface area (Å²) < 4.78 is 43.9. The number of ether oxygens (including phenoxy) is 1. The third-order valence-electron chi connectivity index (χ3n) is 9.58. The summed E-state index contributed by atoms with van der Waals surface area (Å²) in [5.41, 5.74) is -0.975. The zero-order valence-corrected chi connectivity index (χ0v) is 31.7. The van der Waals surface area contributed by atoms with Crippen LogP contribution in [-0.2, 0) is 23.7 Å². The van der Waals surface area contributed by atoms with Crippen molar-refractivity contribution in [1.29, 1.82) is 0 Å². The Morgan fingerprint density at radius 2 is 1.60 bits per heavy atom. The topological polar surface area (TPSA) is 144 Å². The lowest BCUT2D eigenvalue weighted by molar-refractivity contribution is -0.172. The number of rotatable bonds is 19. The predicted octanol–water partition coefficient (Wildman–Crippen LogP) is 7.38. The van der Waals surface area contributed by atoms with Crippen molar-refractivity contribution in [2.24, 2.45) is 0 Å². The Morgan fingerprint density at radius 1 is 0.958 bits per heavy atom. The number of nitrogens with zero attached hydrogens (tertiary/aromatic N) is 5. The maximum absolute atomic E-state index is 13.6. The number of nitrogens with one attached hydrogen (secondary N) is 1. The molecule has 1 N–H and O–H groups in total. The van der Waals surface area contributed by atoms with E-state index in [1.54, 1.807) is 9.96 Å². The molecule has 2 bridgehead atoms. The molecule has 0 aromatic carbocycles. The quantitative estimate of drug-likeness (QED) is 0.144. The van der Waals surface area contributed by atoms with Crippen LogP contribution >= 0.6 is 11.3 Å². The highest BCUT2D eigenvalue weighted by Crippen LogP contribution is 2.44. The third-order valence-corrected chi connectivity index (χ3v) is 11.5. The molecule has 13 nitrogen and oxygen atoms in total. The van der Waals surface area contributed by atoms with Crippen LogP contribution in [0, 0.1) is 0 Å². The SMILES string of the molecule is CCCCN(OS(=O)(=O)ON1C(=O)N2C[C@@H]1CC[C@H]2c1nnc([C@H]2C[C@@H](NC(=O)OC(C)(C)C)C2)s1)C(CCC)(CCCC)CCCC. The Hall–Kier alpha value is -2.07. The van der Waals surface area contributed by atoms with Gasteiger partial charge in [0.1, 0.15) is 15.6 Å². The van der Waals surface area contributed by atoms with Crippen LogP contribution in [0.3, 0.4) is 0 Å². The van der Waals surface area contributed by atoms with Crippen LogP contribution in [0.5, 0.6) is 0 Å². The Labute approximate surface area is 291 Å². The summed E-state index contributed by atoms with van der Waals surface area (Å²) in [6, 6.07) is -1.20. The highest BCUT2D eigenvalue weighted by atomic mass is 32.3. The van der Waals surface area contributed by atoms with Crippen LogP contribution in [0.1, 0.15) is 160 Å². The normalized spacial score (nSPS) is 23.1. The lowest BCUT2D eigenvalue weighted by atomic mass is 9.81. The minimum atomic E-state index is -4.59. The molecule has 1 saturated carbocycles. The van der Waals surface area contributed by atoms with Crippen LogP contribution in [-0.4, -0.2) is 82.1 Å². The van der Waals surface area contributed by atoms with Gasteiger partial charge in [-0.2, -0.15) is 22.8 Å². The molecule has 3 heterocycles. The number of amides is 3. The van der Waals surface area contributed by atoms with Crippen molar-refractivity contribution in [3.63, 3.8) is 0 Å². The van der Waals surface area contributed by atoms with E-state index in [4.69, 9.17) is 13.3 Å². The van der Waals surface area contributed by atoms with Crippen LogP contribution in [0.4, 0.5) is 9.59 Å². The molecule has 4 rings (SSSR count). The Balaban J connectivity index is 1.40. The average molecular weight is 715 g/mol. The molecule has 15 heteroatoms. The average Bonchev–Trinajstić information content (AvgIpc) is 3.57. The fourth-order valence-corrected chi connectivity index (χ4v) is 9.03. The first-order chi connectivity index (χ1) is 22.7. The smallest absolute Gasteiger partial charge is 0.437 e. The minimum absolute atomic E-state index is 0.0194. The van der Waals surface area contributed by atoms with Gasteiger partial charge < -0.3 is 15.0 Å². The van der Waals surface area contributed by atoms with Crippen molar-refractivity contribution in [2.75, 3.05) is 13.1 Å². The Bertz CT molecular complexity index is 1310. The fourth-order valence-electron chi connectivity index (χ4n) is 7.05. The molecule has 0 spiro atoms. The van der Waals surface area contributed by atoms with Gasteiger partial charge in [-0.25, -0.2) is 9.59 Å². The van der Waals surface area contributed by atoms with E-state index in [-0.39, 0.29) is 18.0 Å². The Kier molecular flexibility index (Phi) is 13.5. The first-order valence-corrected chi connectivity index (χ1v) is 20.2. The molecule has 274 valence electrons. The molecule has 3 amide bonds. The highest BCUT2D eigenvalue weighted by Gasteiger charge is 2.50. The van der Waals surface area contributed by atoms with Gasteiger partial charge in [0, 0.05) is 30.6 Å². The van der Waals surface area contributed by atoms with Gasteiger partial charge in [-0.05, 0) is 72.1 Å². The van der Waals surface area contributed by atoms with Gasteiger partial charge in [0.25, 0.3) is 0 Å². The number of hydrogen-bond acceptors (Lipinski definition) is 11. The summed E-state index contributed by atoms with van der Waals surface area (Å²) in [6.45, 7) is 14.8. The molecule has 48 heavy (non-hydrogen) atoms. The fraction of sp³-hybridized carbons (Fsp3) is 0.879. The van der Waals surface area contributed by atoms with Gasteiger partial charge in [0.15, 0.2) is 0 Å². The second kappa shape index (κ2) is 16.8. The minimum Gasteiger partial charge on any atom is -0.444 e.